The third-order valence-electron chi connectivity index (χ3n) is 4.21. The van der Waals surface area contributed by atoms with Gasteiger partial charge in [0, 0.05) is 28.6 Å². The van der Waals surface area contributed by atoms with Crippen molar-refractivity contribution in [2.45, 2.75) is 19.5 Å². The maximum atomic E-state index is 13.2. The smallest absolute Gasteiger partial charge is 0.346 e. The summed E-state index contributed by atoms with van der Waals surface area (Å²) in [4.78, 5) is 7.42. The average Bonchev–Trinajstić information content (AvgIpc) is 2.94. The van der Waals surface area contributed by atoms with Crippen LogP contribution in [0.1, 0.15) is 18.1 Å². The highest BCUT2D eigenvalue weighted by atomic mass is 31.2. The molecule has 0 aliphatic carbocycles. The predicted octanol–water partition coefficient (Wildman–Crippen LogP) is 5.06. The number of aromatic amines is 1. The van der Waals surface area contributed by atoms with Crippen molar-refractivity contribution in [3.8, 4) is 11.1 Å². The minimum atomic E-state index is -4.53. The van der Waals surface area contributed by atoms with E-state index in [-0.39, 0.29) is 5.30 Å². The van der Waals surface area contributed by atoms with Gasteiger partial charge < -0.3 is 9.55 Å². The van der Waals surface area contributed by atoms with Crippen LogP contribution < -0.4 is 5.30 Å². The number of nitrogens with zero attached hydrogens (tertiary/aromatic N) is 1. The van der Waals surface area contributed by atoms with Gasteiger partial charge in [0.2, 0.25) is 0 Å². The van der Waals surface area contributed by atoms with Crippen molar-refractivity contribution < 1.29 is 17.7 Å². The van der Waals surface area contributed by atoms with Crippen molar-refractivity contribution in [2.24, 2.45) is 0 Å². The fraction of sp³-hybridized carbons (Fsp3) is 0.278. The van der Waals surface area contributed by atoms with Crippen molar-refractivity contribution in [3.63, 3.8) is 0 Å². The SMILES string of the molecule is CCc1c[nH]c2ncc(-c3ccc(C(F)(F)F)c(P(C)(C)=O)c3)cc12. The molecule has 2 heterocycles. The number of rotatable bonds is 3. The first-order valence-corrected chi connectivity index (χ1v) is 10.4. The van der Waals surface area contributed by atoms with Crippen LogP contribution in [-0.2, 0) is 17.2 Å². The van der Waals surface area contributed by atoms with E-state index in [1.165, 1.54) is 25.5 Å². The molecule has 3 nitrogen and oxygen atoms in total. The summed E-state index contributed by atoms with van der Waals surface area (Å²) >= 11 is 0. The van der Waals surface area contributed by atoms with Crippen LogP contribution in [0.5, 0.6) is 0 Å². The Hall–Kier alpha value is -2.07. The molecule has 0 aliphatic rings. The lowest BCUT2D eigenvalue weighted by Crippen LogP contribution is -2.19. The molecule has 132 valence electrons. The fourth-order valence-electron chi connectivity index (χ4n) is 2.90. The minimum absolute atomic E-state index is 0.151. The van der Waals surface area contributed by atoms with Crippen LogP contribution in [0.4, 0.5) is 13.2 Å². The summed E-state index contributed by atoms with van der Waals surface area (Å²) in [5, 5.41) is 0.792. The topological polar surface area (TPSA) is 45.8 Å². The molecule has 0 saturated heterocycles. The fourth-order valence-corrected chi connectivity index (χ4v) is 4.14. The summed E-state index contributed by atoms with van der Waals surface area (Å²) < 4.78 is 52.1. The van der Waals surface area contributed by atoms with Crippen LogP contribution in [0, 0.1) is 0 Å². The van der Waals surface area contributed by atoms with E-state index in [0.29, 0.717) is 11.1 Å². The molecule has 0 bridgehead atoms. The van der Waals surface area contributed by atoms with Gasteiger partial charge in [-0.1, -0.05) is 13.0 Å². The minimum Gasteiger partial charge on any atom is -0.346 e. The van der Waals surface area contributed by atoms with Crippen LogP contribution in [0.15, 0.2) is 36.7 Å². The number of nitrogens with one attached hydrogen (secondary N) is 1. The Morgan fingerprint density at radius 3 is 2.48 bits per heavy atom. The van der Waals surface area contributed by atoms with Crippen LogP contribution >= 0.6 is 7.14 Å². The van der Waals surface area contributed by atoms with Crippen molar-refractivity contribution >= 4 is 23.5 Å². The molecule has 1 N–H and O–H groups in total. The lowest BCUT2D eigenvalue weighted by atomic mass is 10.0. The number of benzene rings is 1. The second kappa shape index (κ2) is 6.03. The van der Waals surface area contributed by atoms with Gasteiger partial charge in [-0.2, -0.15) is 13.2 Å². The van der Waals surface area contributed by atoms with E-state index in [0.717, 1.165) is 29.1 Å². The third kappa shape index (κ3) is 3.36. The lowest BCUT2D eigenvalue weighted by Gasteiger charge is -2.17. The Balaban J connectivity index is 2.19. The van der Waals surface area contributed by atoms with Gasteiger partial charge in [0.05, 0.1) is 5.56 Å². The third-order valence-corrected chi connectivity index (χ3v) is 5.74. The molecule has 25 heavy (non-hydrogen) atoms. The molecule has 0 atom stereocenters. The Labute approximate surface area is 143 Å². The van der Waals surface area contributed by atoms with E-state index >= 15 is 0 Å². The first kappa shape index (κ1) is 17.7. The number of pyridine rings is 1. The Kier molecular flexibility index (Phi) is 4.28. The van der Waals surface area contributed by atoms with Crippen molar-refractivity contribution in [1.82, 2.24) is 9.97 Å². The van der Waals surface area contributed by atoms with Gasteiger partial charge >= 0.3 is 6.18 Å². The molecule has 0 spiro atoms. The zero-order valence-electron chi connectivity index (χ0n) is 14.1. The number of aryl methyl sites for hydroxylation is 1. The Bertz CT molecular complexity index is 986. The number of H-pyrrole nitrogens is 1. The molecule has 0 fully saturated rings. The van der Waals surface area contributed by atoms with Gasteiger partial charge in [-0.15, -0.1) is 0 Å². The number of hydrogen-bond donors (Lipinski definition) is 1. The highest BCUT2D eigenvalue weighted by Gasteiger charge is 2.36. The normalized spacial score (nSPS) is 12.7. The molecule has 3 aromatic rings. The molecule has 7 heteroatoms. The largest absolute Gasteiger partial charge is 0.417 e. The number of fused-ring (bicyclic) bond motifs is 1. The van der Waals surface area contributed by atoms with Gasteiger partial charge in [0.1, 0.15) is 12.8 Å². The lowest BCUT2D eigenvalue weighted by molar-refractivity contribution is -0.136. The molecule has 0 saturated carbocycles. The zero-order chi connectivity index (χ0) is 18.4. The molecule has 0 amide bonds. The molecular formula is C18H18F3N2OP. The summed E-state index contributed by atoms with van der Waals surface area (Å²) in [6.45, 7) is 4.73. The summed E-state index contributed by atoms with van der Waals surface area (Å²) in [6, 6.07) is 5.69. The van der Waals surface area contributed by atoms with E-state index in [2.05, 4.69) is 9.97 Å². The van der Waals surface area contributed by atoms with Gasteiger partial charge in [-0.25, -0.2) is 4.98 Å². The van der Waals surface area contributed by atoms with Gasteiger partial charge in [-0.05, 0) is 49.1 Å². The van der Waals surface area contributed by atoms with Crippen molar-refractivity contribution in [1.29, 1.82) is 0 Å². The maximum absolute atomic E-state index is 13.2. The number of hydrogen-bond acceptors (Lipinski definition) is 2. The second-order valence-electron chi connectivity index (χ2n) is 6.37. The Morgan fingerprint density at radius 1 is 1.16 bits per heavy atom. The van der Waals surface area contributed by atoms with Gasteiger partial charge in [-0.3, -0.25) is 0 Å². The highest BCUT2D eigenvalue weighted by molar-refractivity contribution is 7.70. The standard InChI is InChI=1S/C18H18F3N2OP/c1-4-11-9-22-17-14(11)7-13(10-23-17)12-5-6-15(18(19,20)21)16(8-12)25(2,3)24/h5-10H,4H2,1-3H3,(H,22,23). The molecule has 0 unspecified atom stereocenters. The summed E-state index contributed by atoms with van der Waals surface area (Å²) in [6.07, 6.45) is -0.219. The molecular weight excluding hydrogens is 348 g/mol. The summed E-state index contributed by atoms with van der Waals surface area (Å²) in [5.41, 5.74) is 2.27. The average molecular weight is 366 g/mol. The van der Waals surface area contributed by atoms with E-state index in [4.69, 9.17) is 0 Å². The number of aromatic nitrogens is 2. The van der Waals surface area contributed by atoms with Crippen LogP contribution in [0.2, 0.25) is 0 Å². The first-order valence-electron chi connectivity index (χ1n) is 7.84. The van der Waals surface area contributed by atoms with Crippen LogP contribution in [0.25, 0.3) is 22.2 Å². The summed E-state index contributed by atoms with van der Waals surface area (Å²) in [7, 11) is -3.10. The zero-order valence-corrected chi connectivity index (χ0v) is 15.0. The van der Waals surface area contributed by atoms with E-state index in [1.54, 1.807) is 6.20 Å². The van der Waals surface area contributed by atoms with E-state index < -0.39 is 18.9 Å². The van der Waals surface area contributed by atoms with Crippen LogP contribution in [0.3, 0.4) is 0 Å². The monoisotopic (exact) mass is 366 g/mol. The number of halogens is 3. The molecule has 1 aromatic carbocycles. The van der Waals surface area contributed by atoms with Crippen LogP contribution in [-0.4, -0.2) is 23.3 Å². The molecule has 0 aliphatic heterocycles. The number of alkyl halides is 3. The van der Waals surface area contributed by atoms with Crippen molar-refractivity contribution in [3.05, 3.63) is 47.8 Å². The maximum Gasteiger partial charge on any atom is 0.417 e. The van der Waals surface area contributed by atoms with Crippen molar-refractivity contribution in [2.75, 3.05) is 13.3 Å². The van der Waals surface area contributed by atoms with E-state index in [9.17, 15) is 17.7 Å². The Morgan fingerprint density at radius 2 is 1.88 bits per heavy atom. The highest BCUT2D eigenvalue weighted by Crippen LogP contribution is 2.42. The summed E-state index contributed by atoms with van der Waals surface area (Å²) in [5.74, 6) is 0. The quantitative estimate of drug-likeness (QED) is 0.659. The van der Waals surface area contributed by atoms with Gasteiger partial charge in [0.25, 0.3) is 0 Å². The first-order chi connectivity index (χ1) is 11.6. The molecule has 3 rings (SSSR count). The second-order valence-corrected chi connectivity index (χ2v) is 9.55. The van der Waals surface area contributed by atoms with E-state index in [1.807, 2.05) is 19.2 Å². The predicted molar refractivity (Wildman–Crippen MR) is 95.0 cm³/mol. The molecule has 2 aromatic heterocycles. The molecule has 0 radical (unpaired) electrons. The van der Waals surface area contributed by atoms with Gasteiger partial charge in [0.15, 0.2) is 0 Å².